The Bertz CT molecular complexity index is 968. The van der Waals surface area contributed by atoms with Crippen LogP contribution < -0.4 is 10.6 Å². The lowest BCUT2D eigenvalue weighted by molar-refractivity contribution is -0.115. The molecule has 10 heteroatoms. The van der Waals surface area contributed by atoms with Crippen LogP contribution in [0, 0.1) is 0 Å². The average molecular weight is 433 g/mol. The zero-order valence-corrected chi connectivity index (χ0v) is 17.2. The van der Waals surface area contributed by atoms with E-state index in [2.05, 4.69) is 20.8 Å². The van der Waals surface area contributed by atoms with E-state index in [0.717, 1.165) is 4.88 Å². The molecule has 0 spiro atoms. The van der Waals surface area contributed by atoms with Gasteiger partial charge in [0, 0.05) is 16.1 Å². The molecule has 2 heterocycles. The van der Waals surface area contributed by atoms with Gasteiger partial charge in [0.25, 0.3) is 0 Å². The first kappa shape index (κ1) is 20.2. The van der Waals surface area contributed by atoms with Crippen molar-refractivity contribution in [3.05, 3.63) is 52.2 Å². The van der Waals surface area contributed by atoms with Crippen molar-refractivity contribution in [1.82, 2.24) is 10.2 Å². The molecule has 3 rings (SSSR count). The topological polar surface area (TPSA) is 101 Å². The Labute approximate surface area is 173 Å². The van der Waals surface area contributed by atoms with Crippen LogP contribution in [0.4, 0.5) is 10.8 Å². The van der Waals surface area contributed by atoms with E-state index in [1.807, 2.05) is 17.5 Å². The molecule has 0 unspecified atom stereocenters. The van der Waals surface area contributed by atoms with E-state index in [1.165, 1.54) is 41.4 Å². The molecule has 1 aromatic carbocycles. The fraction of sp³-hybridized carbons (Fsp3) is 0.167. The molecule has 28 heavy (non-hydrogen) atoms. The fourth-order valence-corrected chi connectivity index (χ4v) is 4.44. The van der Waals surface area contributed by atoms with Crippen LogP contribution >= 0.6 is 34.4 Å². The molecule has 0 saturated heterocycles. The van der Waals surface area contributed by atoms with Crippen molar-refractivity contribution in [3.8, 4) is 0 Å². The van der Waals surface area contributed by atoms with E-state index in [-0.39, 0.29) is 23.4 Å². The van der Waals surface area contributed by atoms with Crippen LogP contribution in [0.2, 0.25) is 0 Å². The molecular formula is C18H16N4O3S3. The van der Waals surface area contributed by atoms with Gasteiger partial charge >= 0.3 is 0 Å². The Balaban J connectivity index is 1.45. The van der Waals surface area contributed by atoms with Gasteiger partial charge in [-0.2, -0.15) is 0 Å². The second kappa shape index (κ2) is 9.58. The number of thiophene rings is 1. The first-order valence-corrected chi connectivity index (χ1v) is 10.9. The number of rotatable bonds is 8. The molecule has 0 fully saturated rings. The molecule has 144 valence electrons. The molecule has 0 saturated carbocycles. The lowest BCUT2D eigenvalue weighted by Crippen LogP contribution is -2.14. The summed E-state index contributed by atoms with van der Waals surface area (Å²) in [6.07, 6.45) is 0.296. The predicted octanol–water partition coefficient (Wildman–Crippen LogP) is 3.71. The van der Waals surface area contributed by atoms with Crippen molar-refractivity contribution >= 4 is 62.9 Å². The summed E-state index contributed by atoms with van der Waals surface area (Å²) >= 11 is 3.98. The van der Waals surface area contributed by atoms with Crippen LogP contribution in [0.15, 0.2) is 46.1 Å². The molecule has 2 N–H and O–H groups in total. The number of benzene rings is 1. The van der Waals surface area contributed by atoms with Crippen LogP contribution in [0.3, 0.4) is 0 Å². The van der Waals surface area contributed by atoms with Gasteiger partial charge in [-0.25, -0.2) is 0 Å². The summed E-state index contributed by atoms with van der Waals surface area (Å²) in [5.74, 6) is -0.212. The highest BCUT2D eigenvalue weighted by atomic mass is 32.2. The SMILES string of the molecule is CC(=O)c1ccc(NC(=O)CSc2nnc(NC(=O)Cc3cccs3)s2)cc1. The number of Topliss-reactive ketones (excluding diaryl/α,β-unsaturated/α-hetero) is 1. The zero-order chi connectivity index (χ0) is 19.9. The van der Waals surface area contributed by atoms with Gasteiger partial charge in [-0.1, -0.05) is 29.2 Å². The van der Waals surface area contributed by atoms with Crippen molar-refractivity contribution in [1.29, 1.82) is 0 Å². The molecule has 0 bridgehead atoms. The Morgan fingerprint density at radius 2 is 1.82 bits per heavy atom. The first-order valence-electron chi connectivity index (χ1n) is 8.19. The smallest absolute Gasteiger partial charge is 0.234 e. The van der Waals surface area contributed by atoms with Gasteiger partial charge in [-0.05, 0) is 42.6 Å². The largest absolute Gasteiger partial charge is 0.325 e. The van der Waals surface area contributed by atoms with E-state index in [4.69, 9.17) is 0 Å². The third-order valence-corrected chi connectivity index (χ3v) is 6.32. The Morgan fingerprint density at radius 3 is 2.50 bits per heavy atom. The van der Waals surface area contributed by atoms with Crippen molar-refractivity contribution < 1.29 is 14.4 Å². The number of hydrogen-bond donors (Lipinski definition) is 2. The number of nitrogens with one attached hydrogen (secondary N) is 2. The van der Waals surface area contributed by atoms with Crippen LogP contribution in [0.5, 0.6) is 0 Å². The third-order valence-electron chi connectivity index (χ3n) is 3.47. The number of anilines is 2. The van der Waals surface area contributed by atoms with E-state index in [0.29, 0.717) is 27.1 Å². The minimum absolute atomic E-state index is 0.0250. The van der Waals surface area contributed by atoms with Gasteiger partial charge in [0.2, 0.25) is 16.9 Å². The summed E-state index contributed by atoms with van der Waals surface area (Å²) in [5.41, 5.74) is 1.21. The number of thioether (sulfide) groups is 1. The number of hydrogen-bond acceptors (Lipinski definition) is 8. The summed E-state index contributed by atoms with van der Waals surface area (Å²) in [5, 5.41) is 15.7. The maximum absolute atomic E-state index is 12.1. The van der Waals surface area contributed by atoms with E-state index < -0.39 is 0 Å². The second-order valence-corrected chi connectivity index (χ2v) is 8.88. The van der Waals surface area contributed by atoms with Gasteiger partial charge < -0.3 is 10.6 Å². The Morgan fingerprint density at radius 1 is 1.04 bits per heavy atom. The zero-order valence-electron chi connectivity index (χ0n) is 14.8. The third kappa shape index (κ3) is 5.98. The second-order valence-electron chi connectivity index (χ2n) is 5.65. The predicted molar refractivity (Wildman–Crippen MR) is 112 cm³/mol. The highest BCUT2D eigenvalue weighted by Crippen LogP contribution is 2.26. The molecule has 3 aromatic rings. The highest BCUT2D eigenvalue weighted by Gasteiger charge is 2.11. The van der Waals surface area contributed by atoms with Gasteiger partial charge in [-0.15, -0.1) is 21.5 Å². The molecular weight excluding hydrogens is 416 g/mol. The highest BCUT2D eigenvalue weighted by molar-refractivity contribution is 8.01. The maximum atomic E-state index is 12.1. The van der Waals surface area contributed by atoms with Gasteiger partial charge in [-0.3, -0.25) is 14.4 Å². The summed E-state index contributed by atoms with van der Waals surface area (Å²) in [6, 6.07) is 10.5. The molecule has 2 aromatic heterocycles. The molecule has 7 nitrogen and oxygen atoms in total. The minimum Gasteiger partial charge on any atom is -0.325 e. The quantitative estimate of drug-likeness (QED) is 0.320. The minimum atomic E-state index is -0.195. The van der Waals surface area contributed by atoms with Gasteiger partial charge in [0.15, 0.2) is 10.1 Å². The van der Waals surface area contributed by atoms with Crippen molar-refractivity contribution in [2.24, 2.45) is 0 Å². The average Bonchev–Trinajstić information content (AvgIpc) is 3.32. The molecule has 0 radical (unpaired) electrons. The molecule has 0 aliphatic carbocycles. The number of aromatic nitrogens is 2. The van der Waals surface area contributed by atoms with Gasteiger partial charge in [0.05, 0.1) is 12.2 Å². The van der Waals surface area contributed by atoms with Gasteiger partial charge in [0.1, 0.15) is 0 Å². The molecule has 0 aliphatic heterocycles. The monoisotopic (exact) mass is 432 g/mol. The fourth-order valence-electron chi connectivity index (χ4n) is 2.17. The van der Waals surface area contributed by atoms with Crippen LogP contribution in [0.25, 0.3) is 0 Å². The lowest BCUT2D eigenvalue weighted by atomic mass is 10.1. The van der Waals surface area contributed by atoms with Crippen LogP contribution in [-0.4, -0.2) is 33.5 Å². The van der Waals surface area contributed by atoms with Crippen molar-refractivity contribution in [3.63, 3.8) is 0 Å². The summed E-state index contributed by atoms with van der Waals surface area (Å²) in [4.78, 5) is 36.3. The van der Waals surface area contributed by atoms with Crippen LogP contribution in [0.1, 0.15) is 22.2 Å². The van der Waals surface area contributed by atoms with Crippen LogP contribution in [-0.2, 0) is 16.0 Å². The lowest BCUT2D eigenvalue weighted by Gasteiger charge is -2.04. The number of amides is 2. The van der Waals surface area contributed by atoms with E-state index in [9.17, 15) is 14.4 Å². The molecule has 0 atom stereocenters. The van der Waals surface area contributed by atoms with Crippen molar-refractivity contribution in [2.75, 3.05) is 16.4 Å². The summed E-state index contributed by atoms with van der Waals surface area (Å²) in [6.45, 7) is 1.49. The number of ketones is 1. The summed E-state index contributed by atoms with van der Waals surface area (Å²) < 4.78 is 0.591. The molecule has 2 amide bonds. The van der Waals surface area contributed by atoms with E-state index in [1.54, 1.807) is 24.3 Å². The first-order chi connectivity index (χ1) is 13.5. The normalized spacial score (nSPS) is 10.5. The summed E-state index contributed by atoms with van der Waals surface area (Å²) in [7, 11) is 0. The Kier molecular flexibility index (Phi) is 6.90. The van der Waals surface area contributed by atoms with Crippen molar-refractivity contribution in [2.45, 2.75) is 17.7 Å². The Hall–Kier alpha value is -2.56. The standard InChI is InChI=1S/C18H16N4O3S3/c1-11(23)12-4-6-13(7-5-12)19-16(25)10-27-18-22-21-17(28-18)20-15(24)9-14-3-2-8-26-14/h2-8H,9-10H2,1H3,(H,19,25)(H,20,21,24). The maximum Gasteiger partial charge on any atom is 0.234 e. The number of carbonyl (C=O) groups is 3. The number of carbonyl (C=O) groups excluding carboxylic acids is 3. The molecule has 0 aliphatic rings. The number of nitrogens with zero attached hydrogens (tertiary/aromatic N) is 2. The van der Waals surface area contributed by atoms with E-state index >= 15 is 0 Å².